The maximum absolute atomic E-state index is 11.9. The van der Waals surface area contributed by atoms with Crippen molar-refractivity contribution < 1.29 is 9.53 Å². The molecule has 0 aromatic rings. The van der Waals surface area contributed by atoms with E-state index < -0.39 is 5.60 Å². The molecule has 6 nitrogen and oxygen atoms in total. The number of likely N-dealkylation sites (tertiary alicyclic amines) is 1. The number of nitrogens with one attached hydrogen (secondary N) is 2. The number of rotatable bonds is 4. The van der Waals surface area contributed by atoms with E-state index in [1.807, 2.05) is 20.8 Å². The Bertz CT molecular complexity index is 441. The number of guanidine groups is 1. The molecule has 25 heavy (non-hydrogen) atoms. The summed E-state index contributed by atoms with van der Waals surface area (Å²) in [6.45, 7) is 17.7. The molecular weight excluding hydrogens is 431 g/mol. The molecule has 1 heterocycles. The number of nitrogens with zero attached hydrogens (tertiary/aromatic N) is 2. The Balaban J connectivity index is 0.00000576. The van der Waals surface area contributed by atoms with E-state index in [4.69, 9.17) is 9.73 Å². The van der Waals surface area contributed by atoms with Gasteiger partial charge in [-0.05, 0) is 46.0 Å². The van der Waals surface area contributed by atoms with Gasteiger partial charge in [-0.1, -0.05) is 20.8 Å². The molecule has 0 bridgehead atoms. The van der Waals surface area contributed by atoms with E-state index in [2.05, 4.69) is 43.2 Å². The molecule has 1 saturated heterocycles. The summed E-state index contributed by atoms with van der Waals surface area (Å²) >= 11 is 0. The van der Waals surface area contributed by atoms with Crippen LogP contribution in [-0.2, 0) is 4.74 Å². The maximum Gasteiger partial charge on any atom is 0.407 e. The quantitative estimate of drug-likeness (QED) is 0.376. The number of carbonyl (C=O) groups excluding carboxylic acids is 1. The molecule has 1 fully saturated rings. The Labute approximate surface area is 170 Å². The number of hydrogen-bond donors (Lipinski definition) is 2. The van der Waals surface area contributed by atoms with Gasteiger partial charge >= 0.3 is 6.09 Å². The second kappa shape index (κ2) is 10.4. The number of ether oxygens (including phenoxy) is 1. The van der Waals surface area contributed by atoms with Crippen LogP contribution in [0.25, 0.3) is 0 Å². The van der Waals surface area contributed by atoms with Crippen LogP contribution in [0.2, 0.25) is 0 Å². The van der Waals surface area contributed by atoms with Gasteiger partial charge in [0.2, 0.25) is 0 Å². The zero-order chi connectivity index (χ0) is 18.4. The lowest BCUT2D eigenvalue weighted by Crippen LogP contribution is -2.44. The fourth-order valence-corrected chi connectivity index (χ4v) is 2.47. The van der Waals surface area contributed by atoms with Crippen molar-refractivity contribution in [2.75, 3.05) is 26.2 Å². The fraction of sp³-hybridized carbons (Fsp3) is 0.889. The number of halogens is 1. The van der Waals surface area contributed by atoms with E-state index >= 15 is 0 Å². The molecule has 1 aliphatic rings. The van der Waals surface area contributed by atoms with Crippen molar-refractivity contribution in [2.45, 2.75) is 73.0 Å². The third-order valence-corrected chi connectivity index (χ3v) is 3.67. The number of aliphatic imine (C=N–C) groups is 1. The number of alkyl carbamates (subject to hydrolysis) is 1. The Morgan fingerprint density at radius 3 is 2.40 bits per heavy atom. The van der Waals surface area contributed by atoms with Crippen LogP contribution in [-0.4, -0.2) is 54.8 Å². The zero-order valence-corrected chi connectivity index (χ0v) is 19.3. The normalized spacial score (nSPS) is 18.6. The first-order chi connectivity index (χ1) is 11.0. The molecule has 1 aliphatic heterocycles. The van der Waals surface area contributed by atoms with Crippen molar-refractivity contribution >= 4 is 36.0 Å². The van der Waals surface area contributed by atoms with Crippen LogP contribution in [0.15, 0.2) is 4.99 Å². The van der Waals surface area contributed by atoms with Gasteiger partial charge in [-0.2, -0.15) is 0 Å². The van der Waals surface area contributed by atoms with E-state index in [-0.39, 0.29) is 41.5 Å². The van der Waals surface area contributed by atoms with E-state index in [9.17, 15) is 4.79 Å². The molecule has 0 saturated carbocycles. The summed E-state index contributed by atoms with van der Waals surface area (Å²) in [6, 6.07) is 0.103. The lowest BCUT2D eigenvalue weighted by Gasteiger charge is -2.24. The number of carbonyl (C=O) groups is 1. The van der Waals surface area contributed by atoms with Crippen molar-refractivity contribution in [1.29, 1.82) is 0 Å². The SMILES string of the molecule is CCNC(=NCCC(C)(C)C)N1CCC(NC(=O)OC(C)(C)C)C1.I. The van der Waals surface area contributed by atoms with Crippen molar-refractivity contribution in [3.8, 4) is 0 Å². The summed E-state index contributed by atoms with van der Waals surface area (Å²) in [5, 5.41) is 6.31. The summed E-state index contributed by atoms with van der Waals surface area (Å²) in [5.74, 6) is 0.940. The highest BCUT2D eigenvalue weighted by molar-refractivity contribution is 14.0. The maximum atomic E-state index is 11.9. The van der Waals surface area contributed by atoms with Crippen LogP contribution >= 0.6 is 24.0 Å². The van der Waals surface area contributed by atoms with Gasteiger partial charge in [-0.15, -0.1) is 24.0 Å². The third-order valence-electron chi connectivity index (χ3n) is 3.67. The summed E-state index contributed by atoms with van der Waals surface area (Å²) < 4.78 is 5.33. The Kier molecular flexibility index (Phi) is 10.1. The van der Waals surface area contributed by atoms with Crippen LogP contribution in [0.1, 0.15) is 61.3 Å². The average molecular weight is 468 g/mol. The monoisotopic (exact) mass is 468 g/mol. The molecule has 0 spiro atoms. The molecule has 1 rings (SSSR count). The second-order valence-corrected chi connectivity index (χ2v) is 8.62. The molecule has 0 radical (unpaired) electrons. The molecule has 1 atom stereocenters. The van der Waals surface area contributed by atoms with Gasteiger partial charge in [0.15, 0.2) is 5.96 Å². The molecule has 7 heteroatoms. The minimum Gasteiger partial charge on any atom is -0.444 e. The molecule has 1 unspecified atom stereocenters. The highest BCUT2D eigenvalue weighted by Gasteiger charge is 2.27. The van der Waals surface area contributed by atoms with Crippen molar-refractivity contribution in [3.05, 3.63) is 0 Å². The van der Waals surface area contributed by atoms with Crippen molar-refractivity contribution in [2.24, 2.45) is 10.4 Å². The minimum absolute atomic E-state index is 0. The van der Waals surface area contributed by atoms with Gasteiger partial charge in [0.25, 0.3) is 0 Å². The van der Waals surface area contributed by atoms with Gasteiger partial charge in [0.05, 0.1) is 6.04 Å². The first-order valence-corrected chi connectivity index (χ1v) is 9.03. The molecular formula is C18H37IN4O2. The van der Waals surface area contributed by atoms with Crippen LogP contribution in [0.5, 0.6) is 0 Å². The molecule has 0 aromatic carbocycles. The fourth-order valence-electron chi connectivity index (χ4n) is 2.47. The van der Waals surface area contributed by atoms with Crippen LogP contribution in [0.4, 0.5) is 4.79 Å². The van der Waals surface area contributed by atoms with Gasteiger partial charge < -0.3 is 20.3 Å². The van der Waals surface area contributed by atoms with E-state index in [0.717, 1.165) is 45.0 Å². The van der Waals surface area contributed by atoms with Crippen molar-refractivity contribution in [1.82, 2.24) is 15.5 Å². The van der Waals surface area contributed by atoms with Gasteiger partial charge in [0, 0.05) is 26.2 Å². The topological polar surface area (TPSA) is 66.0 Å². The molecule has 2 N–H and O–H groups in total. The van der Waals surface area contributed by atoms with Crippen LogP contribution in [0, 0.1) is 5.41 Å². The van der Waals surface area contributed by atoms with Crippen LogP contribution in [0.3, 0.4) is 0 Å². The molecule has 0 aliphatic carbocycles. The smallest absolute Gasteiger partial charge is 0.407 e. The molecule has 148 valence electrons. The summed E-state index contributed by atoms with van der Waals surface area (Å²) in [7, 11) is 0. The van der Waals surface area contributed by atoms with E-state index in [1.165, 1.54) is 0 Å². The largest absolute Gasteiger partial charge is 0.444 e. The van der Waals surface area contributed by atoms with Crippen molar-refractivity contribution in [3.63, 3.8) is 0 Å². The summed E-state index contributed by atoms with van der Waals surface area (Å²) in [4.78, 5) is 18.9. The van der Waals surface area contributed by atoms with Gasteiger partial charge in [0.1, 0.15) is 5.60 Å². The lowest BCUT2D eigenvalue weighted by atomic mass is 9.92. The van der Waals surface area contributed by atoms with Gasteiger partial charge in [-0.25, -0.2) is 4.79 Å². The van der Waals surface area contributed by atoms with Gasteiger partial charge in [-0.3, -0.25) is 4.99 Å². The van der Waals surface area contributed by atoms with E-state index in [0.29, 0.717) is 0 Å². The van der Waals surface area contributed by atoms with Crippen LogP contribution < -0.4 is 10.6 Å². The minimum atomic E-state index is -0.467. The second-order valence-electron chi connectivity index (χ2n) is 8.62. The summed E-state index contributed by atoms with van der Waals surface area (Å²) in [6.07, 6.45) is 1.61. The first kappa shape index (κ1) is 24.3. The Hall–Kier alpha value is -0.730. The molecule has 1 amide bonds. The number of amides is 1. The Morgan fingerprint density at radius 2 is 1.88 bits per heavy atom. The van der Waals surface area contributed by atoms with E-state index in [1.54, 1.807) is 0 Å². The molecule has 0 aromatic heterocycles. The lowest BCUT2D eigenvalue weighted by molar-refractivity contribution is 0.0507. The third kappa shape index (κ3) is 10.8. The predicted molar refractivity (Wildman–Crippen MR) is 115 cm³/mol. The Morgan fingerprint density at radius 1 is 1.24 bits per heavy atom. The zero-order valence-electron chi connectivity index (χ0n) is 16.9. The highest BCUT2D eigenvalue weighted by atomic mass is 127. The summed E-state index contributed by atoms with van der Waals surface area (Å²) in [5.41, 5.74) is -0.182. The number of hydrogen-bond acceptors (Lipinski definition) is 3. The standard InChI is InChI=1S/C18H36N4O2.HI/c1-8-19-15(20-11-10-17(2,3)4)22-12-9-14(13-22)21-16(23)24-18(5,6)7;/h14H,8-13H2,1-7H3,(H,19,20)(H,21,23);1H. The predicted octanol–water partition coefficient (Wildman–Crippen LogP) is 3.61. The average Bonchev–Trinajstić information content (AvgIpc) is 2.82. The first-order valence-electron chi connectivity index (χ1n) is 9.03. The highest BCUT2D eigenvalue weighted by Crippen LogP contribution is 2.18.